The first kappa shape index (κ1) is 13.1. The van der Waals surface area contributed by atoms with Gasteiger partial charge in [0.25, 0.3) is 0 Å². The van der Waals surface area contributed by atoms with Crippen LogP contribution in [0.4, 0.5) is 0 Å². The highest BCUT2D eigenvalue weighted by Crippen LogP contribution is 2.20. The molecule has 0 aliphatic carbocycles. The average molecular weight is 227 g/mol. The van der Waals surface area contributed by atoms with Crippen molar-refractivity contribution in [1.82, 2.24) is 15.5 Å². The van der Waals surface area contributed by atoms with Gasteiger partial charge in [-0.25, -0.2) is 0 Å². The standard InChI is InChI=1S/C11H21N3O2/c1-6-8(2)12-7-9-13-10(14-16-9)11(3,4)15-5/h8,12H,6-7H2,1-5H3. The molecule has 0 fully saturated rings. The lowest BCUT2D eigenvalue weighted by molar-refractivity contribution is 0.00973. The zero-order chi connectivity index (χ0) is 12.2. The molecule has 0 bridgehead atoms. The van der Waals surface area contributed by atoms with E-state index in [0.717, 1.165) is 6.42 Å². The van der Waals surface area contributed by atoms with Gasteiger partial charge in [0.2, 0.25) is 11.7 Å². The van der Waals surface area contributed by atoms with Crippen LogP contribution in [-0.2, 0) is 16.9 Å². The number of rotatable bonds is 6. The maximum atomic E-state index is 5.28. The predicted molar refractivity (Wildman–Crippen MR) is 60.9 cm³/mol. The molecule has 1 heterocycles. The Morgan fingerprint density at radius 2 is 2.19 bits per heavy atom. The van der Waals surface area contributed by atoms with E-state index in [9.17, 15) is 0 Å². The van der Waals surface area contributed by atoms with Gasteiger partial charge in [0.05, 0.1) is 6.54 Å². The Morgan fingerprint density at radius 3 is 2.75 bits per heavy atom. The number of methoxy groups -OCH3 is 1. The molecule has 92 valence electrons. The summed E-state index contributed by atoms with van der Waals surface area (Å²) in [4.78, 5) is 4.29. The van der Waals surface area contributed by atoms with Crippen molar-refractivity contribution in [2.24, 2.45) is 0 Å². The van der Waals surface area contributed by atoms with E-state index in [1.165, 1.54) is 0 Å². The fraction of sp³-hybridized carbons (Fsp3) is 0.818. The Morgan fingerprint density at radius 1 is 1.50 bits per heavy atom. The van der Waals surface area contributed by atoms with Gasteiger partial charge in [-0.3, -0.25) is 0 Å². The first-order valence-electron chi connectivity index (χ1n) is 5.61. The van der Waals surface area contributed by atoms with Gasteiger partial charge in [-0.1, -0.05) is 12.1 Å². The third-order valence-electron chi connectivity index (χ3n) is 2.73. The van der Waals surface area contributed by atoms with Gasteiger partial charge < -0.3 is 14.6 Å². The minimum atomic E-state index is -0.502. The molecule has 1 unspecified atom stereocenters. The number of hydrogen-bond acceptors (Lipinski definition) is 5. The molecule has 0 saturated heterocycles. The summed E-state index contributed by atoms with van der Waals surface area (Å²) >= 11 is 0. The summed E-state index contributed by atoms with van der Waals surface area (Å²) in [6.07, 6.45) is 1.07. The number of hydrogen-bond donors (Lipinski definition) is 1. The molecule has 0 radical (unpaired) electrons. The molecule has 16 heavy (non-hydrogen) atoms. The van der Waals surface area contributed by atoms with Crippen LogP contribution in [-0.4, -0.2) is 23.3 Å². The Balaban J connectivity index is 2.58. The third kappa shape index (κ3) is 3.28. The van der Waals surface area contributed by atoms with E-state index in [0.29, 0.717) is 24.3 Å². The summed E-state index contributed by atoms with van der Waals surface area (Å²) in [6.45, 7) is 8.66. The largest absolute Gasteiger partial charge is 0.371 e. The first-order chi connectivity index (χ1) is 7.49. The van der Waals surface area contributed by atoms with Gasteiger partial charge in [0.15, 0.2) is 0 Å². The third-order valence-corrected chi connectivity index (χ3v) is 2.73. The summed E-state index contributed by atoms with van der Waals surface area (Å²) in [7, 11) is 1.63. The molecule has 1 N–H and O–H groups in total. The maximum Gasteiger partial charge on any atom is 0.240 e. The van der Waals surface area contributed by atoms with Crippen LogP contribution in [0.5, 0.6) is 0 Å². The highest BCUT2D eigenvalue weighted by Gasteiger charge is 2.26. The van der Waals surface area contributed by atoms with Crippen molar-refractivity contribution in [2.75, 3.05) is 7.11 Å². The van der Waals surface area contributed by atoms with Gasteiger partial charge in [-0.05, 0) is 27.2 Å². The predicted octanol–water partition coefficient (Wildman–Crippen LogP) is 1.84. The van der Waals surface area contributed by atoms with Crippen molar-refractivity contribution < 1.29 is 9.26 Å². The lowest BCUT2D eigenvalue weighted by Gasteiger charge is -2.17. The second kappa shape index (κ2) is 5.41. The normalized spacial score (nSPS) is 14.1. The minimum Gasteiger partial charge on any atom is -0.371 e. The van der Waals surface area contributed by atoms with Crippen molar-refractivity contribution >= 4 is 0 Å². The number of nitrogens with zero attached hydrogens (tertiary/aromatic N) is 2. The van der Waals surface area contributed by atoms with Crippen molar-refractivity contribution in [2.45, 2.75) is 52.3 Å². The maximum absolute atomic E-state index is 5.28. The van der Waals surface area contributed by atoms with Crippen LogP contribution in [0, 0.1) is 0 Å². The van der Waals surface area contributed by atoms with E-state index >= 15 is 0 Å². The van der Waals surface area contributed by atoms with Crippen molar-refractivity contribution in [3.63, 3.8) is 0 Å². The van der Waals surface area contributed by atoms with Crippen LogP contribution in [0.2, 0.25) is 0 Å². The Labute approximate surface area is 96.6 Å². The molecule has 1 aromatic rings. The Bertz CT molecular complexity index is 323. The molecule has 0 spiro atoms. The molecule has 1 rings (SSSR count). The lowest BCUT2D eigenvalue weighted by atomic mass is 10.1. The summed E-state index contributed by atoms with van der Waals surface area (Å²) in [5.41, 5.74) is -0.502. The van der Waals surface area contributed by atoms with Crippen LogP contribution in [0.25, 0.3) is 0 Å². The van der Waals surface area contributed by atoms with Crippen molar-refractivity contribution in [3.05, 3.63) is 11.7 Å². The molecule has 0 aliphatic rings. The van der Waals surface area contributed by atoms with E-state index in [-0.39, 0.29) is 0 Å². The first-order valence-corrected chi connectivity index (χ1v) is 5.61. The van der Waals surface area contributed by atoms with Crippen LogP contribution in [0.3, 0.4) is 0 Å². The second-order valence-electron chi connectivity index (χ2n) is 4.42. The van der Waals surface area contributed by atoms with E-state index in [1.807, 2.05) is 13.8 Å². The smallest absolute Gasteiger partial charge is 0.240 e. The SMILES string of the molecule is CCC(C)NCc1nc(C(C)(C)OC)no1. The number of aromatic nitrogens is 2. The van der Waals surface area contributed by atoms with Crippen molar-refractivity contribution in [1.29, 1.82) is 0 Å². The topological polar surface area (TPSA) is 60.2 Å². The molecule has 5 heteroatoms. The van der Waals surface area contributed by atoms with E-state index in [4.69, 9.17) is 9.26 Å². The van der Waals surface area contributed by atoms with E-state index < -0.39 is 5.60 Å². The Kier molecular flexibility index (Phi) is 4.44. The zero-order valence-electron chi connectivity index (χ0n) is 10.7. The molecular weight excluding hydrogens is 206 g/mol. The minimum absolute atomic E-state index is 0.450. The highest BCUT2D eigenvalue weighted by atomic mass is 16.5. The van der Waals surface area contributed by atoms with Gasteiger partial charge in [-0.15, -0.1) is 0 Å². The van der Waals surface area contributed by atoms with Crippen LogP contribution in [0.1, 0.15) is 45.8 Å². The fourth-order valence-corrected chi connectivity index (χ4v) is 1.07. The van der Waals surface area contributed by atoms with Gasteiger partial charge in [0.1, 0.15) is 5.60 Å². The van der Waals surface area contributed by atoms with E-state index in [1.54, 1.807) is 7.11 Å². The zero-order valence-corrected chi connectivity index (χ0v) is 10.7. The summed E-state index contributed by atoms with van der Waals surface area (Å²) in [5, 5.41) is 7.21. The lowest BCUT2D eigenvalue weighted by Crippen LogP contribution is -2.25. The molecular formula is C11H21N3O2. The average Bonchev–Trinajstić information content (AvgIpc) is 2.75. The quantitative estimate of drug-likeness (QED) is 0.803. The summed E-state index contributed by atoms with van der Waals surface area (Å²) in [6, 6.07) is 0.450. The highest BCUT2D eigenvalue weighted by molar-refractivity contribution is 4.97. The molecule has 0 saturated carbocycles. The van der Waals surface area contributed by atoms with Crippen LogP contribution >= 0.6 is 0 Å². The fourth-order valence-electron chi connectivity index (χ4n) is 1.07. The molecule has 0 amide bonds. The van der Waals surface area contributed by atoms with Gasteiger partial charge in [-0.2, -0.15) is 4.98 Å². The molecule has 0 aliphatic heterocycles. The number of ether oxygens (including phenoxy) is 1. The Hall–Kier alpha value is -0.940. The monoisotopic (exact) mass is 227 g/mol. The summed E-state index contributed by atoms with van der Waals surface area (Å²) in [5.74, 6) is 1.18. The number of nitrogens with one attached hydrogen (secondary N) is 1. The molecule has 5 nitrogen and oxygen atoms in total. The van der Waals surface area contributed by atoms with Crippen LogP contribution in [0.15, 0.2) is 4.52 Å². The summed E-state index contributed by atoms with van der Waals surface area (Å²) < 4.78 is 10.4. The van der Waals surface area contributed by atoms with Gasteiger partial charge in [0, 0.05) is 13.2 Å². The van der Waals surface area contributed by atoms with Gasteiger partial charge >= 0.3 is 0 Å². The van der Waals surface area contributed by atoms with Crippen LogP contribution < -0.4 is 5.32 Å². The molecule has 1 aromatic heterocycles. The molecule has 1 atom stereocenters. The second-order valence-corrected chi connectivity index (χ2v) is 4.42. The van der Waals surface area contributed by atoms with Crippen molar-refractivity contribution in [3.8, 4) is 0 Å². The van der Waals surface area contributed by atoms with E-state index in [2.05, 4.69) is 29.3 Å². The molecule has 0 aromatic carbocycles.